The van der Waals surface area contributed by atoms with Crippen molar-refractivity contribution in [3.8, 4) is 0 Å². The molecule has 0 spiro atoms. The van der Waals surface area contributed by atoms with Crippen LogP contribution in [0.15, 0.2) is 23.4 Å². The van der Waals surface area contributed by atoms with Crippen molar-refractivity contribution in [3.05, 3.63) is 29.1 Å². The minimum Gasteiger partial charge on any atom is -0.478 e. The monoisotopic (exact) mass is 237 g/mol. The van der Waals surface area contributed by atoms with E-state index in [0.717, 1.165) is 5.69 Å². The summed E-state index contributed by atoms with van der Waals surface area (Å²) in [6, 6.07) is 1.78. The Balaban J connectivity index is 2.65. The maximum absolute atomic E-state index is 11.6. The van der Waals surface area contributed by atoms with Crippen LogP contribution < -0.4 is 5.32 Å². The van der Waals surface area contributed by atoms with Gasteiger partial charge in [-0.15, -0.1) is 0 Å². The molecule has 0 atom stereocenters. The fraction of sp³-hybridized carbons (Fsp3) is 0.364. The SMILES string of the molecule is CC(C(=O)O)=C(C)C(=O)NCc1ccnn1C. The standard InChI is InChI=1S/C11H15N3O3/c1-7(8(2)11(16)17)10(15)12-6-9-4-5-13-14(9)3/h4-5H,6H2,1-3H3,(H,12,15)(H,16,17). The van der Waals surface area contributed by atoms with Crippen molar-refractivity contribution in [2.75, 3.05) is 0 Å². The van der Waals surface area contributed by atoms with Crippen molar-refractivity contribution in [1.82, 2.24) is 15.1 Å². The summed E-state index contributed by atoms with van der Waals surface area (Å²) in [6.07, 6.45) is 1.63. The van der Waals surface area contributed by atoms with Crippen molar-refractivity contribution in [1.29, 1.82) is 0 Å². The molecule has 1 rings (SSSR count). The number of carboxylic acids is 1. The fourth-order valence-electron chi connectivity index (χ4n) is 1.21. The predicted molar refractivity (Wildman–Crippen MR) is 61.1 cm³/mol. The zero-order valence-corrected chi connectivity index (χ0v) is 10.0. The largest absolute Gasteiger partial charge is 0.478 e. The molecular formula is C11H15N3O3. The van der Waals surface area contributed by atoms with Gasteiger partial charge in [-0.1, -0.05) is 0 Å². The Morgan fingerprint density at radius 1 is 1.41 bits per heavy atom. The van der Waals surface area contributed by atoms with Crippen LogP contribution in [0.4, 0.5) is 0 Å². The Morgan fingerprint density at radius 2 is 2.06 bits per heavy atom. The van der Waals surface area contributed by atoms with Crippen molar-refractivity contribution in [2.45, 2.75) is 20.4 Å². The number of rotatable bonds is 4. The summed E-state index contributed by atoms with van der Waals surface area (Å²) in [4.78, 5) is 22.3. The Hall–Kier alpha value is -2.11. The van der Waals surface area contributed by atoms with Gasteiger partial charge in [-0.25, -0.2) is 4.79 Å². The molecule has 2 N–H and O–H groups in total. The summed E-state index contributed by atoms with van der Waals surface area (Å²) in [5, 5.41) is 15.3. The van der Waals surface area contributed by atoms with E-state index in [1.54, 1.807) is 24.0 Å². The highest BCUT2D eigenvalue weighted by Gasteiger charge is 2.12. The van der Waals surface area contributed by atoms with Crippen molar-refractivity contribution < 1.29 is 14.7 Å². The second-order valence-corrected chi connectivity index (χ2v) is 3.68. The summed E-state index contributed by atoms with van der Waals surface area (Å²) in [6.45, 7) is 3.21. The van der Waals surface area contributed by atoms with Crippen molar-refractivity contribution >= 4 is 11.9 Å². The molecule has 0 aliphatic rings. The average Bonchev–Trinajstić information content (AvgIpc) is 2.69. The molecule has 1 aromatic heterocycles. The Kier molecular flexibility index (Phi) is 4.03. The van der Waals surface area contributed by atoms with Gasteiger partial charge in [0.2, 0.25) is 5.91 Å². The Morgan fingerprint density at radius 3 is 2.53 bits per heavy atom. The molecule has 1 aromatic rings. The number of carboxylic acid groups (broad SMARTS) is 1. The third kappa shape index (κ3) is 3.17. The third-order valence-electron chi connectivity index (χ3n) is 2.58. The Labute approximate surface area is 98.9 Å². The van der Waals surface area contributed by atoms with Crippen molar-refractivity contribution in [3.63, 3.8) is 0 Å². The van der Waals surface area contributed by atoms with E-state index in [4.69, 9.17) is 5.11 Å². The van der Waals surface area contributed by atoms with Gasteiger partial charge in [-0.3, -0.25) is 9.48 Å². The number of hydrogen-bond donors (Lipinski definition) is 2. The molecule has 1 amide bonds. The number of nitrogens with zero attached hydrogens (tertiary/aromatic N) is 2. The number of amides is 1. The summed E-state index contributed by atoms with van der Waals surface area (Å²) < 4.78 is 1.64. The molecule has 0 aliphatic heterocycles. The van der Waals surface area contributed by atoms with E-state index in [2.05, 4.69) is 10.4 Å². The molecule has 17 heavy (non-hydrogen) atoms. The van der Waals surface area contributed by atoms with Crippen LogP contribution in [0.1, 0.15) is 19.5 Å². The highest BCUT2D eigenvalue weighted by molar-refractivity contribution is 6.01. The summed E-state index contributed by atoms with van der Waals surface area (Å²) in [5.41, 5.74) is 1.10. The topological polar surface area (TPSA) is 84.2 Å². The third-order valence-corrected chi connectivity index (χ3v) is 2.58. The first-order valence-electron chi connectivity index (χ1n) is 5.09. The van der Waals surface area contributed by atoms with Crippen LogP contribution in [0.25, 0.3) is 0 Å². The second-order valence-electron chi connectivity index (χ2n) is 3.68. The van der Waals surface area contributed by atoms with Gasteiger partial charge < -0.3 is 10.4 Å². The number of hydrogen-bond acceptors (Lipinski definition) is 3. The Bertz CT molecular complexity index is 474. The van der Waals surface area contributed by atoms with E-state index in [-0.39, 0.29) is 17.1 Å². The number of aryl methyl sites for hydroxylation is 1. The van der Waals surface area contributed by atoms with Gasteiger partial charge in [-0.05, 0) is 19.9 Å². The quantitative estimate of drug-likeness (QED) is 0.745. The maximum Gasteiger partial charge on any atom is 0.331 e. The molecule has 0 aromatic carbocycles. The van der Waals surface area contributed by atoms with Gasteiger partial charge in [-0.2, -0.15) is 5.10 Å². The fourth-order valence-corrected chi connectivity index (χ4v) is 1.21. The predicted octanol–water partition coefficient (Wildman–Crippen LogP) is 0.457. The first-order chi connectivity index (χ1) is 7.93. The first-order valence-corrected chi connectivity index (χ1v) is 5.09. The van der Waals surface area contributed by atoms with E-state index in [0.29, 0.717) is 6.54 Å². The van der Waals surface area contributed by atoms with Crippen LogP contribution in [0.5, 0.6) is 0 Å². The molecule has 0 aliphatic carbocycles. The first kappa shape index (κ1) is 13.0. The average molecular weight is 237 g/mol. The van der Waals surface area contributed by atoms with Gasteiger partial charge in [0, 0.05) is 24.4 Å². The molecule has 0 unspecified atom stereocenters. The number of aromatic nitrogens is 2. The number of aliphatic carboxylic acids is 1. The van der Waals surface area contributed by atoms with Crippen LogP contribution in [0.2, 0.25) is 0 Å². The molecular weight excluding hydrogens is 222 g/mol. The molecule has 0 saturated carbocycles. The molecule has 0 radical (unpaired) electrons. The summed E-state index contributed by atoms with van der Waals surface area (Å²) in [5.74, 6) is -1.47. The zero-order chi connectivity index (χ0) is 13.0. The lowest BCUT2D eigenvalue weighted by Crippen LogP contribution is -2.26. The van der Waals surface area contributed by atoms with Crippen LogP contribution in [-0.2, 0) is 23.2 Å². The lowest BCUT2D eigenvalue weighted by molar-refractivity contribution is -0.133. The van der Waals surface area contributed by atoms with E-state index in [1.165, 1.54) is 13.8 Å². The normalized spacial score (nSPS) is 11.9. The molecule has 6 nitrogen and oxygen atoms in total. The zero-order valence-electron chi connectivity index (χ0n) is 10.0. The van der Waals surface area contributed by atoms with E-state index < -0.39 is 5.97 Å². The highest BCUT2D eigenvalue weighted by Crippen LogP contribution is 2.04. The number of carbonyl (C=O) groups is 2. The molecule has 0 saturated heterocycles. The second kappa shape index (κ2) is 5.29. The number of nitrogens with one attached hydrogen (secondary N) is 1. The maximum atomic E-state index is 11.6. The van der Waals surface area contributed by atoms with Crippen LogP contribution in [0.3, 0.4) is 0 Å². The number of carbonyl (C=O) groups excluding carboxylic acids is 1. The van der Waals surface area contributed by atoms with Crippen LogP contribution >= 0.6 is 0 Å². The molecule has 6 heteroatoms. The molecule has 0 fully saturated rings. The van der Waals surface area contributed by atoms with Gasteiger partial charge in [0.25, 0.3) is 0 Å². The molecule has 92 valence electrons. The summed E-state index contributed by atoms with van der Waals surface area (Å²) >= 11 is 0. The van der Waals surface area contributed by atoms with Crippen LogP contribution in [0, 0.1) is 0 Å². The van der Waals surface area contributed by atoms with Gasteiger partial charge in [0.15, 0.2) is 0 Å². The summed E-state index contributed by atoms with van der Waals surface area (Å²) in [7, 11) is 1.77. The molecule has 1 heterocycles. The lowest BCUT2D eigenvalue weighted by Gasteiger charge is -2.07. The minimum atomic E-state index is -1.09. The van der Waals surface area contributed by atoms with Crippen molar-refractivity contribution in [2.24, 2.45) is 7.05 Å². The highest BCUT2D eigenvalue weighted by atomic mass is 16.4. The van der Waals surface area contributed by atoms with Gasteiger partial charge in [0.05, 0.1) is 12.2 Å². The minimum absolute atomic E-state index is 0.0486. The van der Waals surface area contributed by atoms with Crippen LogP contribution in [-0.4, -0.2) is 26.8 Å². The van der Waals surface area contributed by atoms with E-state index in [1.807, 2.05) is 0 Å². The van der Waals surface area contributed by atoms with E-state index in [9.17, 15) is 9.59 Å². The van der Waals surface area contributed by atoms with Gasteiger partial charge >= 0.3 is 5.97 Å². The lowest BCUT2D eigenvalue weighted by atomic mass is 10.1. The van der Waals surface area contributed by atoms with Gasteiger partial charge in [0.1, 0.15) is 0 Å². The smallest absolute Gasteiger partial charge is 0.331 e. The van der Waals surface area contributed by atoms with E-state index >= 15 is 0 Å². The molecule has 0 bridgehead atoms.